The molecule has 6 nitrogen and oxygen atoms in total. The molecule has 2 aromatic carbocycles. The lowest BCUT2D eigenvalue weighted by Gasteiger charge is -2.08. The molecule has 2 N–H and O–H groups in total. The van der Waals surface area contributed by atoms with Crippen molar-refractivity contribution in [1.29, 1.82) is 0 Å². The SMILES string of the molecule is CCn1c(SCc2cccc(OC(F)F)c2)nc2cc(S(N)(=O)=O)ccc21. The highest BCUT2D eigenvalue weighted by Crippen LogP contribution is 2.29. The van der Waals surface area contributed by atoms with E-state index in [0.717, 1.165) is 11.1 Å². The van der Waals surface area contributed by atoms with Gasteiger partial charge in [-0.25, -0.2) is 18.5 Å². The number of imidazole rings is 1. The number of aromatic nitrogens is 2. The number of primary sulfonamides is 1. The minimum atomic E-state index is -3.81. The van der Waals surface area contributed by atoms with E-state index >= 15 is 0 Å². The van der Waals surface area contributed by atoms with E-state index in [4.69, 9.17) is 5.14 Å². The molecule has 0 amide bonds. The maximum Gasteiger partial charge on any atom is 0.387 e. The van der Waals surface area contributed by atoms with Gasteiger partial charge in [0.15, 0.2) is 5.16 Å². The lowest BCUT2D eigenvalue weighted by Crippen LogP contribution is -2.11. The van der Waals surface area contributed by atoms with Crippen LogP contribution >= 0.6 is 11.8 Å². The number of benzene rings is 2. The van der Waals surface area contributed by atoms with Crippen LogP contribution in [0.2, 0.25) is 0 Å². The fourth-order valence-corrected chi connectivity index (χ4v) is 4.19. The Bertz CT molecular complexity index is 1070. The molecule has 0 spiro atoms. The summed E-state index contributed by atoms with van der Waals surface area (Å²) in [6.07, 6.45) is 0. The third kappa shape index (κ3) is 4.57. The number of hydrogen-bond acceptors (Lipinski definition) is 5. The first-order valence-electron chi connectivity index (χ1n) is 7.97. The van der Waals surface area contributed by atoms with Crippen molar-refractivity contribution in [3.05, 3.63) is 48.0 Å². The summed E-state index contributed by atoms with van der Waals surface area (Å²) in [5.74, 6) is 0.594. The third-order valence-corrected chi connectivity index (χ3v) is 5.78. The van der Waals surface area contributed by atoms with Crippen LogP contribution in [0.15, 0.2) is 52.5 Å². The van der Waals surface area contributed by atoms with E-state index < -0.39 is 16.6 Å². The largest absolute Gasteiger partial charge is 0.435 e. The number of fused-ring (bicyclic) bond motifs is 1. The standard InChI is InChI=1S/C17H17F2N3O3S2/c1-2-22-15-7-6-13(27(20,23)24)9-14(15)21-17(22)26-10-11-4-3-5-12(8-11)25-16(18)19/h3-9,16H,2,10H2,1H3,(H2,20,23,24). The van der Waals surface area contributed by atoms with Gasteiger partial charge < -0.3 is 9.30 Å². The lowest BCUT2D eigenvalue weighted by atomic mass is 10.2. The third-order valence-electron chi connectivity index (χ3n) is 3.82. The first-order chi connectivity index (χ1) is 12.8. The number of hydrogen-bond donors (Lipinski definition) is 1. The molecule has 1 heterocycles. The van der Waals surface area contributed by atoms with Crippen molar-refractivity contribution in [3.8, 4) is 5.75 Å². The molecule has 0 radical (unpaired) electrons. The van der Waals surface area contributed by atoms with Gasteiger partial charge in [0.25, 0.3) is 0 Å². The van der Waals surface area contributed by atoms with E-state index in [-0.39, 0.29) is 10.6 Å². The Morgan fingerprint density at radius 3 is 2.70 bits per heavy atom. The number of nitrogens with two attached hydrogens (primary N) is 1. The van der Waals surface area contributed by atoms with E-state index in [1.54, 1.807) is 18.2 Å². The molecule has 0 atom stereocenters. The molecule has 0 saturated carbocycles. The van der Waals surface area contributed by atoms with Gasteiger partial charge in [-0.3, -0.25) is 0 Å². The van der Waals surface area contributed by atoms with Crippen LogP contribution in [-0.2, 0) is 22.3 Å². The highest BCUT2D eigenvalue weighted by Gasteiger charge is 2.15. The number of ether oxygens (including phenoxy) is 1. The lowest BCUT2D eigenvalue weighted by molar-refractivity contribution is -0.0498. The van der Waals surface area contributed by atoms with Crippen molar-refractivity contribution in [1.82, 2.24) is 9.55 Å². The van der Waals surface area contributed by atoms with Crippen LogP contribution in [0.1, 0.15) is 12.5 Å². The van der Waals surface area contributed by atoms with Gasteiger partial charge >= 0.3 is 6.61 Å². The van der Waals surface area contributed by atoms with Gasteiger partial charge in [0.1, 0.15) is 5.75 Å². The zero-order valence-corrected chi connectivity index (χ0v) is 15.9. The van der Waals surface area contributed by atoms with E-state index in [9.17, 15) is 17.2 Å². The zero-order chi connectivity index (χ0) is 19.6. The van der Waals surface area contributed by atoms with Gasteiger partial charge in [-0.15, -0.1) is 0 Å². The van der Waals surface area contributed by atoms with Crippen LogP contribution < -0.4 is 9.88 Å². The Morgan fingerprint density at radius 2 is 2.04 bits per heavy atom. The molecule has 0 saturated heterocycles. The number of rotatable bonds is 7. The van der Waals surface area contributed by atoms with Gasteiger partial charge in [-0.2, -0.15) is 8.78 Å². The maximum atomic E-state index is 12.3. The Morgan fingerprint density at radius 1 is 1.26 bits per heavy atom. The Balaban J connectivity index is 1.86. The number of alkyl halides is 2. The van der Waals surface area contributed by atoms with Gasteiger partial charge in [0.2, 0.25) is 10.0 Å². The molecule has 0 fully saturated rings. The summed E-state index contributed by atoms with van der Waals surface area (Å²) >= 11 is 1.42. The molecular weight excluding hydrogens is 396 g/mol. The summed E-state index contributed by atoms with van der Waals surface area (Å²) in [7, 11) is -3.81. The van der Waals surface area contributed by atoms with E-state index in [0.29, 0.717) is 23.0 Å². The normalized spacial score (nSPS) is 12.0. The van der Waals surface area contributed by atoms with Crippen LogP contribution in [0, 0.1) is 0 Å². The summed E-state index contributed by atoms with van der Waals surface area (Å²) in [4.78, 5) is 4.50. The quantitative estimate of drug-likeness (QED) is 0.598. The van der Waals surface area contributed by atoms with Crippen molar-refractivity contribution >= 4 is 32.8 Å². The summed E-state index contributed by atoms with van der Waals surface area (Å²) in [5, 5.41) is 5.87. The fourth-order valence-electron chi connectivity index (χ4n) is 2.64. The van der Waals surface area contributed by atoms with E-state index in [2.05, 4.69) is 9.72 Å². The predicted octanol–water partition coefficient (Wildman–Crippen LogP) is 3.60. The van der Waals surface area contributed by atoms with Crippen molar-refractivity contribution in [3.63, 3.8) is 0 Å². The molecule has 10 heteroatoms. The molecule has 1 aromatic heterocycles. The van der Waals surface area contributed by atoms with Crippen LogP contribution in [0.4, 0.5) is 8.78 Å². The highest BCUT2D eigenvalue weighted by atomic mass is 32.2. The van der Waals surface area contributed by atoms with Gasteiger partial charge in [0, 0.05) is 12.3 Å². The van der Waals surface area contributed by atoms with E-state index in [1.165, 1.54) is 30.0 Å². The number of thioether (sulfide) groups is 1. The summed E-state index contributed by atoms with van der Waals surface area (Å²) < 4.78 is 54.1. The van der Waals surface area contributed by atoms with Crippen LogP contribution in [0.25, 0.3) is 11.0 Å². The van der Waals surface area contributed by atoms with Gasteiger partial charge in [0.05, 0.1) is 15.9 Å². The predicted molar refractivity (Wildman–Crippen MR) is 99.4 cm³/mol. The number of aryl methyl sites for hydroxylation is 1. The first kappa shape index (κ1) is 19.6. The fraction of sp³-hybridized carbons (Fsp3) is 0.235. The highest BCUT2D eigenvalue weighted by molar-refractivity contribution is 7.98. The topological polar surface area (TPSA) is 87.2 Å². The molecule has 3 aromatic rings. The molecule has 27 heavy (non-hydrogen) atoms. The average molecular weight is 413 g/mol. The number of halogens is 2. The molecule has 0 aliphatic carbocycles. The van der Waals surface area contributed by atoms with Gasteiger partial charge in [-0.1, -0.05) is 23.9 Å². The number of sulfonamides is 1. The van der Waals surface area contributed by atoms with Crippen LogP contribution in [-0.4, -0.2) is 24.6 Å². The van der Waals surface area contributed by atoms with Gasteiger partial charge in [-0.05, 0) is 42.8 Å². The Kier molecular flexibility index (Phi) is 5.68. The second-order valence-electron chi connectivity index (χ2n) is 5.65. The Hall–Kier alpha value is -2.17. The summed E-state index contributed by atoms with van der Waals surface area (Å²) in [6.45, 7) is -0.275. The summed E-state index contributed by atoms with van der Waals surface area (Å²) in [6, 6.07) is 11.0. The first-order valence-corrected chi connectivity index (χ1v) is 10.5. The molecule has 0 unspecified atom stereocenters. The van der Waals surface area contributed by atoms with Crippen molar-refractivity contribution < 1.29 is 21.9 Å². The molecule has 0 aliphatic heterocycles. The van der Waals surface area contributed by atoms with Crippen molar-refractivity contribution in [2.75, 3.05) is 0 Å². The average Bonchev–Trinajstić information content (AvgIpc) is 2.95. The molecular formula is C17H17F2N3O3S2. The summed E-state index contributed by atoms with van der Waals surface area (Å²) in [5.41, 5.74) is 2.13. The molecule has 0 bridgehead atoms. The maximum absolute atomic E-state index is 12.3. The van der Waals surface area contributed by atoms with Crippen molar-refractivity contribution in [2.45, 2.75) is 35.9 Å². The van der Waals surface area contributed by atoms with Crippen LogP contribution in [0.3, 0.4) is 0 Å². The number of nitrogens with zero attached hydrogens (tertiary/aromatic N) is 2. The van der Waals surface area contributed by atoms with Crippen LogP contribution in [0.5, 0.6) is 5.75 Å². The van der Waals surface area contributed by atoms with E-state index in [1.807, 2.05) is 17.6 Å². The monoisotopic (exact) mass is 413 g/mol. The second-order valence-corrected chi connectivity index (χ2v) is 8.15. The minimum Gasteiger partial charge on any atom is -0.435 e. The second kappa shape index (κ2) is 7.83. The zero-order valence-electron chi connectivity index (χ0n) is 14.3. The smallest absolute Gasteiger partial charge is 0.387 e. The minimum absolute atomic E-state index is 0.00384. The van der Waals surface area contributed by atoms with Crippen molar-refractivity contribution in [2.24, 2.45) is 5.14 Å². The molecule has 0 aliphatic rings. The molecule has 3 rings (SSSR count). The Labute approximate surface area is 159 Å². The molecule has 144 valence electrons.